The first-order valence-corrected chi connectivity index (χ1v) is 19.6. The van der Waals surface area contributed by atoms with E-state index in [0.717, 1.165) is 85.9 Å². The Bertz CT molecular complexity index is 2200. The molecule has 3 saturated heterocycles. The number of benzene rings is 4. The summed E-state index contributed by atoms with van der Waals surface area (Å²) in [5, 5.41) is 12.4. The van der Waals surface area contributed by atoms with Gasteiger partial charge in [0.1, 0.15) is 23.4 Å². The fourth-order valence-electron chi connectivity index (χ4n) is 9.34. The van der Waals surface area contributed by atoms with Crippen LogP contribution in [0, 0.1) is 11.7 Å². The number of halogens is 1. The number of imide groups is 2. The van der Waals surface area contributed by atoms with Gasteiger partial charge in [0.2, 0.25) is 11.8 Å². The summed E-state index contributed by atoms with van der Waals surface area (Å²) in [6, 6.07) is 25.4. The fraction of sp³-hybridized carbons (Fsp3) is 0.364. The van der Waals surface area contributed by atoms with Crippen molar-refractivity contribution in [1.29, 1.82) is 0 Å². The lowest BCUT2D eigenvalue weighted by Gasteiger charge is -2.40. The Morgan fingerprint density at radius 2 is 1.52 bits per heavy atom. The predicted octanol–water partition coefficient (Wildman–Crippen LogP) is 5.28. The molecular weight excluding hydrogens is 714 g/mol. The molecule has 3 atom stereocenters. The minimum atomic E-state index is -0.981. The van der Waals surface area contributed by atoms with Gasteiger partial charge in [-0.05, 0) is 72.7 Å². The van der Waals surface area contributed by atoms with Crippen molar-refractivity contribution in [3.05, 3.63) is 119 Å². The summed E-state index contributed by atoms with van der Waals surface area (Å²) in [6.07, 6.45) is 2.16. The third kappa shape index (κ3) is 6.65. The van der Waals surface area contributed by atoms with E-state index in [0.29, 0.717) is 29.5 Å². The van der Waals surface area contributed by atoms with Crippen LogP contribution in [0.1, 0.15) is 74.9 Å². The highest BCUT2D eigenvalue weighted by Gasteiger charge is 2.45. The number of hydrogen-bond donors (Lipinski definition) is 2. The molecular formula is C44H44FN5O6. The summed E-state index contributed by atoms with van der Waals surface area (Å²) in [5.41, 5.74) is 5.03. The maximum atomic E-state index is 16.1. The normalized spacial score (nSPS) is 23.2. The van der Waals surface area contributed by atoms with Gasteiger partial charge in [0, 0.05) is 81.4 Å². The minimum absolute atomic E-state index is 0.00259. The van der Waals surface area contributed by atoms with Crippen molar-refractivity contribution in [2.45, 2.75) is 43.6 Å². The lowest BCUT2D eigenvalue weighted by Crippen LogP contribution is -2.54. The number of nitrogens with one attached hydrogen (secondary N) is 1. The second-order valence-corrected chi connectivity index (χ2v) is 15.6. The number of amides is 4. The van der Waals surface area contributed by atoms with Crippen LogP contribution in [0.15, 0.2) is 84.9 Å². The van der Waals surface area contributed by atoms with Gasteiger partial charge in [-0.3, -0.25) is 34.3 Å². The molecule has 2 N–H and O–H groups in total. The lowest BCUT2D eigenvalue weighted by atomic mass is 9.76. The molecule has 0 spiro atoms. The second kappa shape index (κ2) is 14.7. The first kappa shape index (κ1) is 35.9. The molecule has 0 radical (unpaired) electrons. The molecule has 3 fully saturated rings. The number of phenols is 1. The van der Waals surface area contributed by atoms with Gasteiger partial charge in [-0.25, -0.2) is 4.39 Å². The maximum Gasteiger partial charge on any atom is 0.262 e. The van der Waals surface area contributed by atoms with Gasteiger partial charge >= 0.3 is 0 Å². The van der Waals surface area contributed by atoms with Crippen LogP contribution in [0.2, 0.25) is 0 Å². The van der Waals surface area contributed by atoms with Crippen LogP contribution in [0.25, 0.3) is 0 Å². The smallest absolute Gasteiger partial charge is 0.262 e. The number of piperidine rings is 2. The number of carbonyl (C=O) groups excluding carboxylic acids is 4. The molecule has 4 aromatic rings. The Kier molecular flexibility index (Phi) is 9.44. The SMILES string of the molecule is O=C1CC[C@H](N2C(=O)c3ccc(N4CCN(CC5CCN(c6ccc([C@@H]7c8ccc(O)cc8OC[C@@H]7c7ccccc7)cc6F)CC5)CC4)cc3C2=O)C(=O)N1. The van der Waals surface area contributed by atoms with Gasteiger partial charge < -0.3 is 19.6 Å². The summed E-state index contributed by atoms with van der Waals surface area (Å²) >= 11 is 0. The molecule has 5 aliphatic rings. The number of hydrogen-bond acceptors (Lipinski definition) is 9. The van der Waals surface area contributed by atoms with Crippen LogP contribution in [-0.2, 0) is 9.59 Å². The van der Waals surface area contributed by atoms with Crippen LogP contribution in [0.3, 0.4) is 0 Å². The van der Waals surface area contributed by atoms with Crippen molar-refractivity contribution in [1.82, 2.24) is 15.1 Å². The molecule has 5 heterocycles. The quantitative estimate of drug-likeness (QED) is 0.243. The van der Waals surface area contributed by atoms with Crippen LogP contribution in [0.5, 0.6) is 11.5 Å². The van der Waals surface area contributed by atoms with Crippen LogP contribution in [-0.4, -0.2) is 97.0 Å². The Balaban J connectivity index is 0.802. The number of aromatic hydroxyl groups is 1. The number of piperazine rings is 1. The van der Waals surface area contributed by atoms with Gasteiger partial charge in [-0.15, -0.1) is 0 Å². The molecule has 12 heteroatoms. The molecule has 4 amide bonds. The topological polar surface area (TPSA) is 123 Å². The van der Waals surface area contributed by atoms with Crippen molar-refractivity contribution in [3.63, 3.8) is 0 Å². The zero-order chi connectivity index (χ0) is 38.5. The predicted molar refractivity (Wildman–Crippen MR) is 208 cm³/mol. The van der Waals surface area contributed by atoms with Gasteiger partial charge in [0.05, 0.1) is 23.4 Å². The van der Waals surface area contributed by atoms with E-state index >= 15 is 4.39 Å². The first-order chi connectivity index (χ1) is 27.2. The summed E-state index contributed by atoms with van der Waals surface area (Å²) < 4.78 is 22.2. The highest BCUT2D eigenvalue weighted by Crippen LogP contribution is 2.47. The number of nitrogens with zero attached hydrogens (tertiary/aromatic N) is 4. The van der Waals surface area contributed by atoms with Gasteiger partial charge in [0.15, 0.2) is 0 Å². The molecule has 288 valence electrons. The average Bonchev–Trinajstić information content (AvgIpc) is 3.46. The number of rotatable bonds is 7. The number of anilines is 2. The van der Waals surface area contributed by atoms with E-state index in [2.05, 4.69) is 38.2 Å². The molecule has 0 aliphatic carbocycles. The van der Waals surface area contributed by atoms with Crippen LogP contribution >= 0.6 is 0 Å². The zero-order valence-corrected chi connectivity index (χ0v) is 31.0. The number of ether oxygens (including phenoxy) is 1. The van der Waals surface area contributed by atoms with E-state index < -0.39 is 29.7 Å². The number of fused-ring (bicyclic) bond motifs is 2. The van der Waals surface area contributed by atoms with Crippen molar-refractivity contribution in [2.24, 2.45) is 5.92 Å². The minimum Gasteiger partial charge on any atom is -0.508 e. The van der Waals surface area contributed by atoms with Crippen molar-refractivity contribution >= 4 is 35.0 Å². The fourth-order valence-corrected chi connectivity index (χ4v) is 9.34. The van der Waals surface area contributed by atoms with E-state index in [1.165, 1.54) is 0 Å². The van der Waals surface area contributed by atoms with E-state index in [1.807, 2.05) is 36.4 Å². The molecule has 0 bridgehead atoms. The Hall–Kier alpha value is -5.75. The molecule has 0 saturated carbocycles. The molecule has 5 aliphatic heterocycles. The zero-order valence-electron chi connectivity index (χ0n) is 31.0. The van der Waals surface area contributed by atoms with Gasteiger partial charge in [-0.1, -0.05) is 42.5 Å². The van der Waals surface area contributed by atoms with E-state index in [-0.39, 0.29) is 41.8 Å². The third-order valence-corrected chi connectivity index (χ3v) is 12.3. The standard InChI is InChI=1S/C44H44FN5O6/c45-36-22-29(41-33-10-8-31(51)24-39(33)56-26-35(41)28-4-2-1-3-5-28)6-11-37(36)49-16-14-27(15-17-49)25-47-18-20-48(21-19-47)30-7-9-32-34(23-30)44(55)50(43(32)54)38-12-13-40(52)46-42(38)53/h1-11,22-24,27,35,38,41,51H,12-21,25-26H2,(H,46,52,53)/t35-,38+,41-/m1/s1. The molecule has 56 heavy (non-hydrogen) atoms. The van der Waals surface area contributed by atoms with Gasteiger partial charge in [0.25, 0.3) is 11.8 Å². The number of phenolic OH excluding ortho intramolecular Hbond substituents is 1. The maximum absolute atomic E-state index is 16.1. The third-order valence-electron chi connectivity index (χ3n) is 12.3. The number of carbonyl (C=O) groups is 4. The monoisotopic (exact) mass is 757 g/mol. The van der Waals surface area contributed by atoms with Crippen molar-refractivity contribution in [2.75, 3.05) is 62.2 Å². The Morgan fingerprint density at radius 1 is 0.750 bits per heavy atom. The summed E-state index contributed by atoms with van der Waals surface area (Å²) in [7, 11) is 0. The highest BCUT2D eigenvalue weighted by molar-refractivity contribution is 6.23. The average molecular weight is 758 g/mol. The Labute approximate surface area is 324 Å². The molecule has 11 nitrogen and oxygen atoms in total. The Morgan fingerprint density at radius 3 is 2.27 bits per heavy atom. The van der Waals surface area contributed by atoms with E-state index in [9.17, 15) is 24.3 Å². The van der Waals surface area contributed by atoms with E-state index in [1.54, 1.807) is 30.3 Å². The van der Waals surface area contributed by atoms with Crippen LogP contribution in [0.4, 0.5) is 15.8 Å². The van der Waals surface area contributed by atoms with Crippen molar-refractivity contribution in [3.8, 4) is 11.5 Å². The first-order valence-electron chi connectivity index (χ1n) is 19.6. The van der Waals surface area contributed by atoms with Crippen LogP contribution < -0.4 is 19.9 Å². The molecule has 0 aromatic heterocycles. The molecule has 9 rings (SSSR count). The highest BCUT2D eigenvalue weighted by atomic mass is 19.1. The summed E-state index contributed by atoms with van der Waals surface area (Å²) in [5.74, 6) is -1.08. The van der Waals surface area contributed by atoms with E-state index in [4.69, 9.17) is 4.74 Å². The summed E-state index contributed by atoms with van der Waals surface area (Å²) in [6.45, 7) is 6.25. The van der Waals surface area contributed by atoms with Crippen molar-refractivity contribution < 1.29 is 33.4 Å². The molecule has 0 unspecified atom stereocenters. The lowest BCUT2D eigenvalue weighted by molar-refractivity contribution is -0.136. The largest absolute Gasteiger partial charge is 0.508 e. The molecule has 4 aromatic carbocycles. The summed E-state index contributed by atoms with van der Waals surface area (Å²) in [4.78, 5) is 58.4. The second-order valence-electron chi connectivity index (χ2n) is 15.6. The van der Waals surface area contributed by atoms with Gasteiger partial charge in [-0.2, -0.15) is 0 Å².